The molecule has 6 heteroatoms. The van der Waals surface area contributed by atoms with Crippen LogP contribution in [-0.2, 0) is 16.0 Å². The van der Waals surface area contributed by atoms with Gasteiger partial charge >= 0.3 is 6.09 Å². The predicted molar refractivity (Wildman–Crippen MR) is 93.8 cm³/mol. The number of H-pyrrole nitrogens is 1. The Morgan fingerprint density at radius 2 is 1.96 bits per heavy atom. The molecule has 0 saturated carbocycles. The molecule has 0 aliphatic carbocycles. The maximum absolute atomic E-state index is 12.3. The minimum atomic E-state index is -0.695. The number of fused-ring (bicyclic) bond motifs is 1. The average Bonchev–Trinajstić information content (AvgIpc) is 2.88. The van der Waals surface area contributed by atoms with E-state index in [1.807, 2.05) is 37.4 Å². The Bertz CT molecular complexity index is 716. The third-order valence-electron chi connectivity index (χ3n) is 3.46. The number of hydrogen-bond donors (Lipinski definition) is 3. The number of para-hydroxylation sites is 1. The van der Waals surface area contributed by atoms with Crippen LogP contribution in [0.2, 0.25) is 0 Å². The highest BCUT2D eigenvalue weighted by atomic mass is 16.6. The zero-order valence-corrected chi connectivity index (χ0v) is 14.6. The molecule has 0 radical (unpaired) electrons. The molecule has 1 unspecified atom stereocenters. The lowest BCUT2D eigenvalue weighted by Gasteiger charge is -2.23. The summed E-state index contributed by atoms with van der Waals surface area (Å²) in [6, 6.07) is 7.16. The zero-order valence-electron chi connectivity index (χ0n) is 14.6. The minimum absolute atomic E-state index is 0.228. The second-order valence-electron chi connectivity index (χ2n) is 6.66. The smallest absolute Gasteiger partial charge is 0.408 e. The number of aromatic nitrogens is 1. The molecule has 3 N–H and O–H groups in total. The maximum atomic E-state index is 12.3. The fourth-order valence-corrected chi connectivity index (χ4v) is 2.48. The number of rotatable bonds is 5. The first-order valence-electron chi connectivity index (χ1n) is 8.12. The Hall–Kier alpha value is -2.50. The highest BCUT2D eigenvalue weighted by Gasteiger charge is 2.25. The third-order valence-corrected chi connectivity index (χ3v) is 3.46. The van der Waals surface area contributed by atoms with Crippen LogP contribution < -0.4 is 10.6 Å². The van der Waals surface area contributed by atoms with E-state index in [4.69, 9.17) is 4.74 Å². The van der Waals surface area contributed by atoms with Crippen molar-refractivity contribution < 1.29 is 14.3 Å². The molecular formula is C18H25N3O3. The van der Waals surface area contributed by atoms with Gasteiger partial charge in [0.1, 0.15) is 11.6 Å². The van der Waals surface area contributed by atoms with Gasteiger partial charge in [-0.15, -0.1) is 0 Å². The van der Waals surface area contributed by atoms with Gasteiger partial charge in [-0.1, -0.05) is 18.2 Å². The summed E-state index contributed by atoms with van der Waals surface area (Å²) >= 11 is 0. The van der Waals surface area contributed by atoms with E-state index in [9.17, 15) is 9.59 Å². The summed E-state index contributed by atoms with van der Waals surface area (Å²) < 4.78 is 5.27. The number of carbonyl (C=O) groups excluding carboxylic acids is 2. The predicted octanol–water partition coefficient (Wildman–Crippen LogP) is 2.74. The lowest BCUT2D eigenvalue weighted by Crippen LogP contribution is -2.49. The van der Waals surface area contributed by atoms with Crippen LogP contribution in [0.15, 0.2) is 30.5 Å². The number of likely N-dealkylation sites (N-methyl/N-ethyl adjacent to an activating group) is 1. The Balaban J connectivity index is 2.17. The van der Waals surface area contributed by atoms with E-state index < -0.39 is 17.7 Å². The summed E-state index contributed by atoms with van der Waals surface area (Å²) in [5.74, 6) is -0.228. The highest BCUT2D eigenvalue weighted by molar-refractivity contribution is 5.88. The number of aromatic amines is 1. The van der Waals surface area contributed by atoms with Gasteiger partial charge in [-0.25, -0.2) is 4.79 Å². The van der Waals surface area contributed by atoms with Gasteiger partial charge in [0.2, 0.25) is 5.91 Å². The van der Waals surface area contributed by atoms with Crippen LogP contribution in [0.25, 0.3) is 10.9 Å². The monoisotopic (exact) mass is 331 g/mol. The molecule has 2 amide bonds. The number of alkyl carbamates (subject to hydrolysis) is 1. The average molecular weight is 331 g/mol. The van der Waals surface area contributed by atoms with Crippen molar-refractivity contribution in [1.82, 2.24) is 15.6 Å². The van der Waals surface area contributed by atoms with Crippen LogP contribution in [0, 0.1) is 0 Å². The minimum Gasteiger partial charge on any atom is -0.444 e. The van der Waals surface area contributed by atoms with E-state index in [1.165, 1.54) is 0 Å². The molecular weight excluding hydrogens is 306 g/mol. The first-order chi connectivity index (χ1) is 11.3. The first kappa shape index (κ1) is 17.8. The number of nitrogens with one attached hydrogen (secondary N) is 3. The second kappa shape index (κ2) is 7.38. The molecule has 0 fully saturated rings. The van der Waals surface area contributed by atoms with Crippen molar-refractivity contribution in [2.75, 3.05) is 6.54 Å². The van der Waals surface area contributed by atoms with Crippen LogP contribution in [0.5, 0.6) is 0 Å². The van der Waals surface area contributed by atoms with Crippen LogP contribution in [0.3, 0.4) is 0 Å². The molecule has 0 saturated heterocycles. The molecule has 130 valence electrons. The topological polar surface area (TPSA) is 83.2 Å². The Morgan fingerprint density at radius 1 is 1.25 bits per heavy atom. The van der Waals surface area contributed by atoms with Crippen LogP contribution in [-0.4, -0.2) is 35.2 Å². The molecule has 1 atom stereocenters. The van der Waals surface area contributed by atoms with Gasteiger partial charge in [0.25, 0.3) is 0 Å². The molecule has 1 heterocycles. The van der Waals surface area contributed by atoms with Crippen molar-refractivity contribution in [2.45, 2.75) is 45.8 Å². The summed E-state index contributed by atoms with van der Waals surface area (Å²) in [4.78, 5) is 27.5. The van der Waals surface area contributed by atoms with Gasteiger partial charge in [0.15, 0.2) is 0 Å². The first-order valence-corrected chi connectivity index (χ1v) is 8.12. The molecule has 6 nitrogen and oxygen atoms in total. The highest BCUT2D eigenvalue weighted by Crippen LogP contribution is 2.19. The van der Waals surface area contributed by atoms with Gasteiger partial charge < -0.3 is 20.4 Å². The fraction of sp³-hybridized carbons (Fsp3) is 0.444. The Labute approximate surface area is 142 Å². The molecule has 24 heavy (non-hydrogen) atoms. The second-order valence-corrected chi connectivity index (χ2v) is 6.66. The normalized spacial score (nSPS) is 12.7. The molecule has 0 bridgehead atoms. The summed E-state index contributed by atoms with van der Waals surface area (Å²) in [6.45, 7) is 7.70. The molecule has 0 spiro atoms. The van der Waals surface area contributed by atoms with E-state index >= 15 is 0 Å². The van der Waals surface area contributed by atoms with E-state index in [-0.39, 0.29) is 5.91 Å². The van der Waals surface area contributed by atoms with Gasteiger partial charge in [-0.3, -0.25) is 4.79 Å². The quantitative estimate of drug-likeness (QED) is 0.788. The zero-order chi connectivity index (χ0) is 17.7. The van der Waals surface area contributed by atoms with Crippen molar-refractivity contribution in [3.05, 3.63) is 36.0 Å². The lowest BCUT2D eigenvalue weighted by molar-refractivity contribution is -0.123. The number of ether oxygens (including phenoxy) is 1. The van der Waals surface area contributed by atoms with Crippen molar-refractivity contribution in [3.8, 4) is 0 Å². The fourth-order valence-electron chi connectivity index (χ4n) is 2.48. The van der Waals surface area contributed by atoms with Gasteiger partial charge in [0, 0.05) is 30.1 Å². The maximum Gasteiger partial charge on any atom is 0.408 e. The van der Waals surface area contributed by atoms with Gasteiger partial charge in [-0.2, -0.15) is 0 Å². The summed E-state index contributed by atoms with van der Waals surface area (Å²) in [5, 5.41) is 6.47. The number of amides is 2. The molecule has 2 aromatic rings. The summed E-state index contributed by atoms with van der Waals surface area (Å²) in [5.41, 5.74) is 1.36. The molecule has 2 rings (SSSR count). The van der Waals surface area contributed by atoms with E-state index in [0.717, 1.165) is 16.5 Å². The van der Waals surface area contributed by atoms with Crippen molar-refractivity contribution in [1.29, 1.82) is 0 Å². The third kappa shape index (κ3) is 4.75. The van der Waals surface area contributed by atoms with Crippen LogP contribution in [0.4, 0.5) is 4.79 Å². The van der Waals surface area contributed by atoms with Gasteiger partial charge in [-0.05, 0) is 39.3 Å². The van der Waals surface area contributed by atoms with Crippen molar-refractivity contribution in [3.63, 3.8) is 0 Å². The molecule has 1 aromatic heterocycles. The number of hydrogen-bond acceptors (Lipinski definition) is 3. The summed E-state index contributed by atoms with van der Waals surface area (Å²) in [6.07, 6.45) is 1.65. The SMILES string of the molecule is CCNC(=O)C(Cc1c[nH]c2ccccc12)NC(=O)OC(C)(C)C. The van der Waals surface area contributed by atoms with E-state index in [1.54, 1.807) is 20.8 Å². The van der Waals surface area contributed by atoms with Crippen LogP contribution >= 0.6 is 0 Å². The van der Waals surface area contributed by atoms with Crippen molar-refractivity contribution in [2.24, 2.45) is 0 Å². The van der Waals surface area contributed by atoms with E-state index in [2.05, 4.69) is 15.6 Å². The van der Waals surface area contributed by atoms with Crippen molar-refractivity contribution >= 4 is 22.9 Å². The van der Waals surface area contributed by atoms with Crippen LogP contribution in [0.1, 0.15) is 33.3 Å². The largest absolute Gasteiger partial charge is 0.444 e. The van der Waals surface area contributed by atoms with Gasteiger partial charge in [0.05, 0.1) is 0 Å². The molecule has 0 aliphatic rings. The lowest BCUT2D eigenvalue weighted by atomic mass is 10.0. The molecule has 0 aliphatic heterocycles. The number of carbonyl (C=O) groups is 2. The van der Waals surface area contributed by atoms with E-state index in [0.29, 0.717) is 13.0 Å². The number of benzene rings is 1. The Morgan fingerprint density at radius 3 is 2.62 bits per heavy atom. The molecule has 1 aromatic carbocycles. The Kier molecular flexibility index (Phi) is 5.49. The summed E-state index contributed by atoms with van der Waals surface area (Å²) in [7, 11) is 0. The standard InChI is InChI=1S/C18H25N3O3/c1-5-19-16(22)15(21-17(23)24-18(2,3)4)10-12-11-20-14-9-7-6-8-13(12)14/h6-9,11,15,20H,5,10H2,1-4H3,(H,19,22)(H,21,23).